The number of nitrogens with one attached hydrogen (secondary N) is 1. The highest BCUT2D eigenvalue weighted by Gasteiger charge is 2.27. The average molecular weight is 308 g/mol. The van der Waals surface area contributed by atoms with Crippen LogP contribution in [0.15, 0.2) is 22.0 Å². The van der Waals surface area contributed by atoms with Gasteiger partial charge in [-0.25, -0.2) is 4.98 Å². The van der Waals surface area contributed by atoms with E-state index >= 15 is 0 Å². The first-order valence-electron chi connectivity index (χ1n) is 6.56. The van der Waals surface area contributed by atoms with Crippen molar-refractivity contribution in [3.05, 3.63) is 29.0 Å². The van der Waals surface area contributed by atoms with Gasteiger partial charge in [0.15, 0.2) is 0 Å². The fourth-order valence-electron chi connectivity index (χ4n) is 2.52. The zero-order chi connectivity index (χ0) is 13.9. The lowest BCUT2D eigenvalue weighted by Gasteiger charge is -2.31. The molecular formula is C13H16N4OS2. The standard InChI is InChI=1S/C13H16N4OS2/c1-19-13-15-11(8-20-13)12(18)17-6-2-3-9(7-17)10-4-5-14-16-10/h4-5,8-9H,2-3,6-7H2,1H3,(H,14,16). The van der Waals surface area contributed by atoms with Gasteiger partial charge >= 0.3 is 0 Å². The van der Waals surface area contributed by atoms with Crippen molar-refractivity contribution in [1.82, 2.24) is 20.1 Å². The number of H-pyrrole nitrogens is 1. The first-order valence-corrected chi connectivity index (χ1v) is 8.66. The van der Waals surface area contributed by atoms with Crippen molar-refractivity contribution >= 4 is 29.0 Å². The van der Waals surface area contributed by atoms with Crippen molar-refractivity contribution in [2.75, 3.05) is 19.3 Å². The number of rotatable bonds is 3. The molecule has 0 radical (unpaired) electrons. The maximum Gasteiger partial charge on any atom is 0.273 e. The van der Waals surface area contributed by atoms with Crippen LogP contribution in [0.1, 0.15) is 34.9 Å². The Kier molecular flexibility index (Phi) is 4.07. The summed E-state index contributed by atoms with van der Waals surface area (Å²) < 4.78 is 0.940. The SMILES string of the molecule is CSc1nc(C(=O)N2CCCC(c3ccn[nH]3)C2)cs1. The third-order valence-corrected chi connectivity index (χ3v) is 5.41. The van der Waals surface area contributed by atoms with Crippen LogP contribution in [0.3, 0.4) is 0 Å². The van der Waals surface area contributed by atoms with E-state index in [1.165, 1.54) is 11.3 Å². The van der Waals surface area contributed by atoms with Crippen LogP contribution in [0.5, 0.6) is 0 Å². The quantitative estimate of drug-likeness (QED) is 0.885. The number of hydrogen-bond acceptors (Lipinski definition) is 5. The van der Waals surface area contributed by atoms with Crippen LogP contribution in [-0.2, 0) is 0 Å². The minimum atomic E-state index is 0.0470. The second-order valence-corrected chi connectivity index (χ2v) is 6.72. The van der Waals surface area contributed by atoms with E-state index in [0.717, 1.165) is 36.0 Å². The molecule has 2 aromatic heterocycles. The maximum absolute atomic E-state index is 12.5. The number of carbonyl (C=O) groups excluding carboxylic acids is 1. The number of likely N-dealkylation sites (tertiary alicyclic amines) is 1. The third kappa shape index (κ3) is 2.73. The molecule has 0 spiro atoms. The normalized spacial score (nSPS) is 19.2. The van der Waals surface area contributed by atoms with Crippen LogP contribution in [0.2, 0.25) is 0 Å². The van der Waals surface area contributed by atoms with Gasteiger partial charge in [-0.3, -0.25) is 9.89 Å². The summed E-state index contributed by atoms with van der Waals surface area (Å²) in [5.74, 6) is 0.402. The number of amides is 1. The van der Waals surface area contributed by atoms with Crippen molar-refractivity contribution in [2.24, 2.45) is 0 Å². The smallest absolute Gasteiger partial charge is 0.273 e. The number of hydrogen-bond donors (Lipinski definition) is 1. The molecule has 0 aliphatic carbocycles. The number of thiazole rings is 1. The molecule has 3 heterocycles. The van der Waals surface area contributed by atoms with Crippen LogP contribution >= 0.6 is 23.1 Å². The Morgan fingerprint density at radius 1 is 1.60 bits per heavy atom. The monoisotopic (exact) mass is 308 g/mol. The van der Waals surface area contributed by atoms with Gasteiger partial charge in [0.05, 0.1) is 0 Å². The van der Waals surface area contributed by atoms with Crippen LogP contribution in [0.4, 0.5) is 0 Å². The van der Waals surface area contributed by atoms with Crippen LogP contribution < -0.4 is 0 Å². The second-order valence-electron chi connectivity index (χ2n) is 4.81. The number of aromatic nitrogens is 3. The molecule has 7 heteroatoms. The van der Waals surface area contributed by atoms with Gasteiger partial charge in [0.1, 0.15) is 10.0 Å². The van der Waals surface area contributed by atoms with E-state index in [1.807, 2.05) is 22.6 Å². The second kappa shape index (κ2) is 5.97. The molecule has 1 N–H and O–H groups in total. The van der Waals surface area contributed by atoms with E-state index in [1.54, 1.807) is 18.0 Å². The summed E-state index contributed by atoms with van der Waals surface area (Å²) in [5, 5.41) is 8.87. The Hall–Kier alpha value is -1.34. The van der Waals surface area contributed by atoms with Gasteiger partial charge in [-0.1, -0.05) is 11.8 Å². The third-order valence-electron chi connectivity index (χ3n) is 3.55. The average Bonchev–Trinajstić information content (AvgIpc) is 3.17. The minimum Gasteiger partial charge on any atom is -0.337 e. The maximum atomic E-state index is 12.5. The lowest BCUT2D eigenvalue weighted by Crippen LogP contribution is -2.39. The first-order chi connectivity index (χ1) is 9.78. The molecule has 1 atom stereocenters. The van der Waals surface area contributed by atoms with Crippen LogP contribution in [0.25, 0.3) is 0 Å². The summed E-state index contributed by atoms with van der Waals surface area (Å²) in [6.45, 7) is 1.56. The van der Waals surface area contributed by atoms with E-state index in [2.05, 4.69) is 15.2 Å². The van der Waals surface area contributed by atoms with Crippen molar-refractivity contribution in [3.63, 3.8) is 0 Å². The Morgan fingerprint density at radius 3 is 3.20 bits per heavy atom. The van der Waals surface area contributed by atoms with Crippen molar-refractivity contribution < 1.29 is 4.79 Å². The number of aromatic amines is 1. The molecule has 1 aliphatic heterocycles. The van der Waals surface area contributed by atoms with Gasteiger partial charge in [-0.05, 0) is 25.2 Å². The molecule has 1 aliphatic rings. The highest BCUT2D eigenvalue weighted by molar-refractivity contribution is 8.00. The lowest BCUT2D eigenvalue weighted by molar-refractivity contribution is 0.0700. The Labute approximate surface area is 125 Å². The molecule has 2 aromatic rings. The van der Waals surface area contributed by atoms with Gasteiger partial charge < -0.3 is 4.90 Å². The van der Waals surface area contributed by atoms with Gasteiger partial charge in [-0.15, -0.1) is 11.3 Å². The highest BCUT2D eigenvalue weighted by atomic mass is 32.2. The van der Waals surface area contributed by atoms with Crippen molar-refractivity contribution in [3.8, 4) is 0 Å². The fraction of sp³-hybridized carbons (Fsp3) is 0.462. The van der Waals surface area contributed by atoms with Gasteiger partial charge in [0.2, 0.25) is 0 Å². The molecule has 1 unspecified atom stereocenters. The van der Waals surface area contributed by atoms with Crippen molar-refractivity contribution in [2.45, 2.75) is 23.1 Å². The van der Waals surface area contributed by atoms with Gasteiger partial charge in [0, 0.05) is 36.3 Å². The lowest BCUT2D eigenvalue weighted by atomic mass is 9.95. The molecule has 20 heavy (non-hydrogen) atoms. The summed E-state index contributed by atoms with van der Waals surface area (Å²) in [6.07, 6.45) is 5.86. The number of carbonyl (C=O) groups is 1. The van der Waals surface area contributed by atoms with Crippen LogP contribution in [0, 0.1) is 0 Å². The summed E-state index contributed by atoms with van der Waals surface area (Å²) in [4.78, 5) is 18.8. The van der Waals surface area contributed by atoms with Crippen molar-refractivity contribution in [1.29, 1.82) is 0 Å². The first kappa shape index (κ1) is 13.6. The fourth-order valence-corrected chi connectivity index (χ4v) is 3.76. The molecule has 1 fully saturated rings. The molecule has 106 valence electrons. The molecule has 5 nitrogen and oxygen atoms in total. The molecule has 0 bridgehead atoms. The highest BCUT2D eigenvalue weighted by Crippen LogP contribution is 2.27. The molecule has 0 aromatic carbocycles. The van der Waals surface area contributed by atoms with E-state index in [9.17, 15) is 4.79 Å². The zero-order valence-electron chi connectivity index (χ0n) is 11.2. The number of thioether (sulfide) groups is 1. The topological polar surface area (TPSA) is 61.9 Å². The number of piperidine rings is 1. The summed E-state index contributed by atoms with van der Waals surface area (Å²) in [6, 6.07) is 1.99. The molecule has 0 saturated carbocycles. The predicted octanol–water partition coefficient (Wildman–Crippen LogP) is 2.61. The van der Waals surface area contributed by atoms with E-state index < -0.39 is 0 Å². The van der Waals surface area contributed by atoms with E-state index in [-0.39, 0.29) is 5.91 Å². The Balaban J connectivity index is 1.71. The van der Waals surface area contributed by atoms with E-state index in [0.29, 0.717) is 11.6 Å². The zero-order valence-corrected chi connectivity index (χ0v) is 12.8. The molecular weight excluding hydrogens is 292 g/mol. The molecule has 1 saturated heterocycles. The number of nitrogens with zero attached hydrogens (tertiary/aromatic N) is 3. The molecule has 3 rings (SSSR count). The molecule has 1 amide bonds. The van der Waals surface area contributed by atoms with Gasteiger partial charge in [0.25, 0.3) is 5.91 Å². The largest absolute Gasteiger partial charge is 0.337 e. The Morgan fingerprint density at radius 2 is 2.50 bits per heavy atom. The van der Waals surface area contributed by atoms with Gasteiger partial charge in [-0.2, -0.15) is 5.10 Å². The van der Waals surface area contributed by atoms with E-state index in [4.69, 9.17) is 0 Å². The summed E-state index contributed by atoms with van der Waals surface area (Å²) in [7, 11) is 0. The summed E-state index contributed by atoms with van der Waals surface area (Å²) in [5.41, 5.74) is 1.69. The van der Waals surface area contributed by atoms with Crippen LogP contribution in [-0.4, -0.2) is 45.3 Å². The minimum absolute atomic E-state index is 0.0470. The predicted molar refractivity (Wildman–Crippen MR) is 80.4 cm³/mol. The Bertz CT molecular complexity index is 581. The summed E-state index contributed by atoms with van der Waals surface area (Å²) >= 11 is 3.10.